The van der Waals surface area contributed by atoms with Crippen LogP contribution in [-0.2, 0) is 0 Å². The molecule has 0 amide bonds. The van der Waals surface area contributed by atoms with E-state index in [0.29, 0.717) is 0 Å². The summed E-state index contributed by atoms with van der Waals surface area (Å²) in [6, 6.07) is 0. The molecule has 0 aliphatic heterocycles. The van der Waals surface area contributed by atoms with E-state index in [0.717, 1.165) is 0 Å². The molecule has 0 saturated heterocycles. The molecule has 1 aliphatic rings. The van der Waals surface area contributed by atoms with Crippen LogP contribution in [0.4, 0.5) is 40.8 Å². The Balaban J connectivity index is 2.48. The average Bonchev–Trinajstić information content (AvgIpc) is 3.10. The summed E-state index contributed by atoms with van der Waals surface area (Å²) in [7, 11) is 0. The molecule has 19 heavy (non-hydrogen) atoms. The molecule has 0 atom stereocenters. The van der Waals surface area contributed by atoms with Gasteiger partial charge in [-0.1, -0.05) is 0 Å². The monoisotopic (exact) mass is 291 g/mol. The second-order valence-corrected chi connectivity index (χ2v) is 4.15. The lowest BCUT2D eigenvalue weighted by Crippen LogP contribution is -2.39. The highest BCUT2D eigenvalue weighted by Crippen LogP contribution is 2.51. The van der Waals surface area contributed by atoms with Crippen LogP contribution >= 0.6 is 0 Å². The van der Waals surface area contributed by atoms with Gasteiger partial charge in [0.25, 0.3) is 0 Å². The maximum Gasteiger partial charge on any atom is 0.411 e. The van der Waals surface area contributed by atoms with Gasteiger partial charge in [0.1, 0.15) is 11.2 Å². The zero-order valence-corrected chi connectivity index (χ0v) is 8.94. The lowest BCUT2D eigenvalue weighted by Gasteiger charge is -2.22. The first kappa shape index (κ1) is 13.9. The van der Waals surface area contributed by atoms with Crippen LogP contribution in [0.25, 0.3) is 0 Å². The molecule has 0 heterocycles. The van der Waals surface area contributed by atoms with Crippen molar-refractivity contribution >= 4 is 5.69 Å². The molecular weight excluding hydrogens is 286 g/mol. The minimum absolute atomic E-state index is 0.504. The molecule has 1 aliphatic carbocycles. The molecule has 1 nitrogen and oxygen atoms in total. The summed E-state index contributed by atoms with van der Waals surface area (Å²) < 4.78 is 102. The largest absolute Gasteiger partial charge is 0.411 e. The van der Waals surface area contributed by atoms with Gasteiger partial charge in [0.05, 0.1) is 0 Å². The molecule has 9 heteroatoms. The predicted molar refractivity (Wildman–Crippen MR) is 47.9 cm³/mol. The SMILES string of the molecule is Fc1c(F)c(F)c(NC2(C(F)(F)F)CC2)c(F)c1F. The standard InChI is InChI=1S/C10H5F8N/c11-3-4(12)6(14)8(7(15)5(3)13)19-9(1-2-9)10(16,17)18/h19H,1-2H2. The summed E-state index contributed by atoms with van der Waals surface area (Å²) >= 11 is 0. The molecule has 0 radical (unpaired) electrons. The zero-order chi connectivity index (χ0) is 14.6. The van der Waals surface area contributed by atoms with E-state index >= 15 is 0 Å². The van der Waals surface area contributed by atoms with Gasteiger partial charge in [0, 0.05) is 0 Å². The van der Waals surface area contributed by atoms with Crippen LogP contribution in [0.1, 0.15) is 12.8 Å². The molecule has 1 aromatic carbocycles. The summed E-state index contributed by atoms with van der Waals surface area (Å²) in [5, 5.41) is 1.39. The molecule has 0 aromatic heterocycles. The Morgan fingerprint density at radius 1 is 0.737 bits per heavy atom. The van der Waals surface area contributed by atoms with Crippen LogP contribution in [0.3, 0.4) is 0 Å². The smallest absolute Gasteiger partial charge is 0.367 e. The molecule has 1 fully saturated rings. The number of anilines is 1. The highest BCUT2D eigenvalue weighted by Gasteiger charge is 2.64. The maximum absolute atomic E-state index is 13.2. The van der Waals surface area contributed by atoms with Gasteiger partial charge in [0.2, 0.25) is 5.82 Å². The van der Waals surface area contributed by atoms with E-state index in [1.165, 1.54) is 5.32 Å². The lowest BCUT2D eigenvalue weighted by molar-refractivity contribution is -0.151. The first-order valence-corrected chi connectivity index (χ1v) is 4.97. The molecular formula is C10H5F8N. The third-order valence-electron chi connectivity index (χ3n) is 2.87. The van der Waals surface area contributed by atoms with Crippen molar-refractivity contribution in [1.82, 2.24) is 0 Å². The van der Waals surface area contributed by atoms with E-state index in [2.05, 4.69) is 0 Å². The second kappa shape index (κ2) is 3.97. The van der Waals surface area contributed by atoms with Crippen LogP contribution in [0.5, 0.6) is 0 Å². The molecule has 1 N–H and O–H groups in total. The number of rotatable bonds is 2. The summed E-state index contributed by atoms with van der Waals surface area (Å²) in [4.78, 5) is 0. The fourth-order valence-electron chi connectivity index (χ4n) is 1.56. The minimum Gasteiger partial charge on any atom is -0.367 e. The summed E-state index contributed by atoms with van der Waals surface area (Å²) in [5.41, 5.74) is -4.29. The molecule has 1 aromatic rings. The van der Waals surface area contributed by atoms with Crippen molar-refractivity contribution in [2.45, 2.75) is 24.6 Å². The van der Waals surface area contributed by atoms with Crippen molar-refractivity contribution in [3.05, 3.63) is 29.1 Å². The Morgan fingerprint density at radius 3 is 1.42 bits per heavy atom. The van der Waals surface area contributed by atoms with E-state index < -0.39 is 59.3 Å². The number of hydrogen-bond donors (Lipinski definition) is 1. The van der Waals surface area contributed by atoms with Crippen molar-refractivity contribution < 1.29 is 35.1 Å². The number of halogens is 8. The van der Waals surface area contributed by atoms with E-state index in [-0.39, 0.29) is 0 Å². The quantitative estimate of drug-likeness (QED) is 0.495. The van der Waals surface area contributed by atoms with Gasteiger partial charge in [-0.15, -0.1) is 0 Å². The molecule has 2 rings (SSSR count). The molecule has 0 bridgehead atoms. The molecule has 0 unspecified atom stereocenters. The Kier molecular flexibility index (Phi) is 2.90. The van der Waals surface area contributed by atoms with Gasteiger partial charge >= 0.3 is 6.18 Å². The van der Waals surface area contributed by atoms with Gasteiger partial charge in [-0.3, -0.25) is 0 Å². The average molecular weight is 291 g/mol. The van der Waals surface area contributed by atoms with Crippen LogP contribution in [-0.4, -0.2) is 11.7 Å². The van der Waals surface area contributed by atoms with E-state index in [1.54, 1.807) is 0 Å². The van der Waals surface area contributed by atoms with Gasteiger partial charge < -0.3 is 5.32 Å². The summed E-state index contributed by atoms with van der Waals surface area (Å²) in [6.45, 7) is 0. The molecule has 0 spiro atoms. The first-order valence-electron chi connectivity index (χ1n) is 4.97. The normalized spacial score (nSPS) is 17.5. The van der Waals surface area contributed by atoms with E-state index in [4.69, 9.17) is 0 Å². The highest BCUT2D eigenvalue weighted by atomic mass is 19.4. The maximum atomic E-state index is 13.2. The van der Waals surface area contributed by atoms with Crippen molar-refractivity contribution in [3.8, 4) is 0 Å². The van der Waals surface area contributed by atoms with Crippen molar-refractivity contribution in [2.75, 3.05) is 5.32 Å². The summed E-state index contributed by atoms with van der Waals surface area (Å²) in [5.74, 6) is -11.6. The third-order valence-corrected chi connectivity index (χ3v) is 2.87. The van der Waals surface area contributed by atoms with Crippen LogP contribution in [0, 0.1) is 29.1 Å². The Hall–Kier alpha value is -1.54. The van der Waals surface area contributed by atoms with Gasteiger partial charge in [-0.2, -0.15) is 13.2 Å². The highest BCUT2D eigenvalue weighted by molar-refractivity contribution is 5.52. The topological polar surface area (TPSA) is 12.0 Å². The van der Waals surface area contributed by atoms with Gasteiger partial charge in [0.15, 0.2) is 23.3 Å². The van der Waals surface area contributed by atoms with Crippen LogP contribution in [0.15, 0.2) is 0 Å². The lowest BCUT2D eigenvalue weighted by atomic mass is 10.2. The van der Waals surface area contributed by atoms with Crippen molar-refractivity contribution in [2.24, 2.45) is 0 Å². The van der Waals surface area contributed by atoms with E-state index in [9.17, 15) is 35.1 Å². The van der Waals surface area contributed by atoms with Crippen molar-refractivity contribution in [1.29, 1.82) is 0 Å². The Morgan fingerprint density at radius 2 is 1.11 bits per heavy atom. The fraction of sp³-hybridized carbons (Fsp3) is 0.400. The molecule has 106 valence electrons. The zero-order valence-electron chi connectivity index (χ0n) is 8.94. The Labute approximate surface area is 101 Å². The number of nitrogens with one attached hydrogen (secondary N) is 1. The third kappa shape index (κ3) is 2.00. The van der Waals surface area contributed by atoms with Gasteiger partial charge in [-0.25, -0.2) is 22.0 Å². The van der Waals surface area contributed by atoms with E-state index in [1.807, 2.05) is 0 Å². The Bertz CT molecular complexity index is 502. The van der Waals surface area contributed by atoms with Crippen molar-refractivity contribution in [3.63, 3.8) is 0 Å². The number of hydrogen-bond acceptors (Lipinski definition) is 1. The minimum atomic E-state index is -4.85. The fourth-order valence-corrected chi connectivity index (χ4v) is 1.56. The number of benzene rings is 1. The second-order valence-electron chi connectivity index (χ2n) is 4.15. The number of alkyl halides is 3. The first-order chi connectivity index (χ1) is 8.61. The molecule has 1 saturated carbocycles. The van der Waals surface area contributed by atoms with Crippen LogP contribution in [0.2, 0.25) is 0 Å². The van der Waals surface area contributed by atoms with Gasteiger partial charge in [-0.05, 0) is 12.8 Å². The predicted octanol–water partition coefficient (Wildman–Crippen LogP) is 3.89. The van der Waals surface area contributed by atoms with Crippen LogP contribution < -0.4 is 5.32 Å². The summed E-state index contributed by atoms with van der Waals surface area (Å²) in [6.07, 6.45) is -5.86.